The van der Waals surface area contributed by atoms with Gasteiger partial charge in [-0.25, -0.2) is 0 Å². The number of methoxy groups -OCH3 is 1. The lowest BCUT2D eigenvalue weighted by atomic mass is 9.57. The molecule has 0 aliphatic heterocycles. The van der Waals surface area contributed by atoms with E-state index in [0.717, 1.165) is 11.3 Å². The SMILES string of the molecule is COc1ccc(CCC(=O)C2C(=O)C(CCC(C)C)C(=O)C(CCC(C)C)(CCC(C)C)C2=O)cc1. The van der Waals surface area contributed by atoms with E-state index in [9.17, 15) is 19.2 Å². The molecule has 0 spiro atoms. The fraction of sp³-hybridized carbons (Fsp3) is 0.677. The maximum Gasteiger partial charge on any atom is 0.164 e. The van der Waals surface area contributed by atoms with Crippen LogP contribution < -0.4 is 4.74 Å². The van der Waals surface area contributed by atoms with Crippen LogP contribution in [-0.2, 0) is 25.6 Å². The number of hydrogen-bond donors (Lipinski definition) is 0. The third-order valence-electron chi connectivity index (χ3n) is 7.62. The summed E-state index contributed by atoms with van der Waals surface area (Å²) >= 11 is 0. The second kappa shape index (κ2) is 13.3. The zero-order valence-electron chi connectivity index (χ0n) is 23.4. The summed E-state index contributed by atoms with van der Waals surface area (Å²) < 4.78 is 5.19. The minimum Gasteiger partial charge on any atom is -0.497 e. The molecule has 1 aliphatic rings. The number of ether oxygens (including phenoxy) is 1. The van der Waals surface area contributed by atoms with Crippen molar-refractivity contribution in [2.45, 2.75) is 92.9 Å². The molecule has 0 heterocycles. The fourth-order valence-corrected chi connectivity index (χ4v) is 5.16. The first-order chi connectivity index (χ1) is 16.9. The van der Waals surface area contributed by atoms with Gasteiger partial charge in [-0.2, -0.15) is 0 Å². The van der Waals surface area contributed by atoms with Crippen molar-refractivity contribution >= 4 is 23.1 Å². The Bertz CT molecular complexity index is 897. The Morgan fingerprint density at radius 3 is 1.83 bits per heavy atom. The quantitative estimate of drug-likeness (QED) is 0.276. The lowest BCUT2D eigenvalue weighted by Crippen LogP contribution is -2.58. The van der Waals surface area contributed by atoms with Crippen molar-refractivity contribution in [1.29, 1.82) is 0 Å². The first kappa shape index (κ1) is 29.9. The molecular weight excluding hydrogens is 452 g/mol. The van der Waals surface area contributed by atoms with E-state index >= 15 is 0 Å². The Hall–Kier alpha value is -2.30. The molecule has 2 rings (SSSR count). The molecule has 5 heteroatoms. The normalized spacial score (nSPS) is 20.0. The molecule has 0 saturated heterocycles. The van der Waals surface area contributed by atoms with Crippen LogP contribution in [0.4, 0.5) is 0 Å². The summed E-state index contributed by atoms with van der Waals surface area (Å²) in [4.78, 5) is 55.1. The Morgan fingerprint density at radius 2 is 1.36 bits per heavy atom. The van der Waals surface area contributed by atoms with Crippen molar-refractivity contribution in [1.82, 2.24) is 0 Å². The Morgan fingerprint density at radius 1 is 0.833 bits per heavy atom. The molecule has 2 atom stereocenters. The maximum atomic E-state index is 14.0. The molecule has 1 aliphatic carbocycles. The second-order valence-corrected chi connectivity index (χ2v) is 11.8. The lowest BCUT2D eigenvalue weighted by molar-refractivity contribution is -0.160. The average molecular weight is 499 g/mol. The number of carbonyl (C=O) groups is 4. The summed E-state index contributed by atoms with van der Waals surface area (Å²) in [5, 5.41) is 0. The van der Waals surface area contributed by atoms with Crippen molar-refractivity contribution in [3.05, 3.63) is 29.8 Å². The number of aryl methyl sites for hydroxylation is 1. The van der Waals surface area contributed by atoms with Crippen molar-refractivity contribution in [2.75, 3.05) is 7.11 Å². The smallest absolute Gasteiger partial charge is 0.164 e. The number of benzene rings is 1. The highest BCUT2D eigenvalue weighted by molar-refractivity contribution is 6.33. The second-order valence-electron chi connectivity index (χ2n) is 11.8. The summed E-state index contributed by atoms with van der Waals surface area (Å²) in [7, 11) is 1.60. The molecule has 1 aromatic rings. The number of Topliss-reactive ketones (excluding diaryl/α,β-unsaturated/α-hetero) is 4. The van der Waals surface area contributed by atoms with Crippen molar-refractivity contribution < 1.29 is 23.9 Å². The molecule has 2 unspecified atom stereocenters. The first-order valence-electron chi connectivity index (χ1n) is 13.7. The van der Waals surface area contributed by atoms with Gasteiger partial charge in [0.25, 0.3) is 0 Å². The number of carbonyl (C=O) groups excluding carboxylic acids is 4. The first-order valence-corrected chi connectivity index (χ1v) is 13.7. The minimum atomic E-state index is -1.32. The van der Waals surface area contributed by atoms with E-state index in [4.69, 9.17) is 4.74 Å². The van der Waals surface area contributed by atoms with Gasteiger partial charge in [-0.15, -0.1) is 0 Å². The molecule has 36 heavy (non-hydrogen) atoms. The molecule has 1 fully saturated rings. The molecular formula is C31H46O5. The summed E-state index contributed by atoms with van der Waals surface area (Å²) in [6.07, 6.45) is 3.94. The molecule has 1 aromatic carbocycles. The standard InChI is InChI=1S/C31H46O5/c1-20(2)8-14-25-28(33)27(26(32)15-11-23-9-12-24(36-7)13-10-23)30(35)31(29(25)34,18-16-21(3)4)19-17-22(5)6/h9-10,12-13,20-22,25,27H,8,11,14-19H2,1-7H3. The van der Waals surface area contributed by atoms with Gasteiger partial charge in [0.05, 0.1) is 18.4 Å². The summed E-state index contributed by atoms with van der Waals surface area (Å²) in [6, 6.07) is 7.45. The molecule has 0 radical (unpaired) electrons. The predicted octanol–water partition coefficient (Wildman–Crippen LogP) is 6.45. The summed E-state index contributed by atoms with van der Waals surface area (Å²) in [5.74, 6) is -1.95. The molecule has 0 N–H and O–H groups in total. The topological polar surface area (TPSA) is 77.5 Å². The van der Waals surface area contributed by atoms with Gasteiger partial charge in [-0.3, -0.25) is 19.2 Å². The van der Waals surface area contributed by atoms with Gasteiger partial charge in [0.1, 0.15) is 11.7 Å². The third-order valence-corrected chi connectivity index (χ3v) is 7.62. The van der Waals surface area contributed by atoms with Gasteiger partial charge in [-0.1, -0.05) is 53.7 Å². The highest BCUT2D eigenvalue weighted by Gasteiger charge is 2.59. The lowest BCUT2D eigenvalue weighted by Gasteiger charge is -2.41. The van der Waals surface area contributed by atoms with Gasteiger partial charge in [-0.05, 0) is 80.4 Å². The Kier molecular flexibility index (Phi) is 11.1. The van der Waals surface area contributed by atoms with Gasteiger partial charge in [0.2, 0.25) is 0 Å². The van der Waals surface area contributed by atoms with Crippen molar-refractivity contribution in [3.63, 3.8) is 0 Å². The van der Waals surface area contributed by atoms with E-state index in [2.05, 4.69) is 41.5 Å². The van der Waals surface area contributed by atoms with Gasteiger partial charge in [0.15, 0.2) is 23.1 Å². The number of ketones is 4. The number of rotatable bonds is 14. The molecule has 0 amide bonds. The van der Waals surface area contributed by atoms with Crippen molar-refractivity contribution in [2.24, 2.45) is 35.0 Å². The zero-order chi connectivity index (χ0) is 27.0. The highest BCUT2D eigenvalue weighted by Crippen LogP contribution is 2.45. The monoisotopic (exact) mass is 498 g/mol. The highest BCUT2D eigenvalue weighted by atomic mass is 16.5. The van der Waals surface area contributed by atoms with E-state index in [-0.39, 0.29) is 18.0 Å². The average Bonchev–Trinajstić information content (AvgIpc) is 2.82. The molecule has 1 saturated carbocycles. The van der Waals surface area contributed by atoms with Crippen LogP contribution in [0.3, 0.4) is 0 Å². The van der Waals surface area contributed by atoms with E-state index in [0.29, 0.717) is 62.7 Å². The Labute approximate surface area is 217 Å². The van der Waals surface area contributed by atoms with Crippen molar-refractivity contribution in [3.8, 4) is 5.75 Å². The molecule has 5 nitrogen and oxygen atoms in total. The van der Waals surface area contributed by atoms with Gasteiger partial charge in [0, 0.05) is 6.42 Å². The van der Waals surface area contributed by atoms with Crippen LogP contribution in [0.5, 0.6) is 5.75 Å². The van der Waals surface area contributed by atoms with E-state index in [1.165, 1.54) is 0 Å². The summed E-state index contributed by atoms with van der Waals surface area (Å²) in [5.41, 5.74) is -0.289. The maximum absolute atomic E-state index is 14.0. The van der Waals surface area contributed by atoms with Crippen LogP contribution in [0, 0.1) is 35.0 Å². The molecule has 0 bridgehead atoms. The van der Waals surface area contributed by atoms with Crippen LogP contribution in [-0.4, -0.2) is 30.2 Å². The van der Waals surface area contributed by atoms with Crippen LogP contribution in [0.25, 0.3) is 0 Å². The van der Waals surface area contributed by atoms with E-state index in [1.54, 1.807) is 7.11 Å². The minimum absolute atomic E-state index is 0.101. The van der Waals surface area contributed by atoms with Crippen LogP contribution >= 0.6 is 0 Å². The third kappa shape index (κ3) is 7.36. The van der Waals surface area contributed by atoms with Crippen LogP contribution in [0.2, 0.25) is 0 Å². The molecule has 200 valence electrons. The predicted molar refractivity (Wildman–Crippen MR) is 143 cm³/mol. The summed E-state index contributed by atoms with van der Waals surface area (Å²) in [6.45, 7) is 12.4. The van der Waals surface area contributed by atoms with Crippen LogP contribution in [0.1, 0.15) is 92.1 Å². The Balaban J connectivity index is 2.40. The van der Waals surface area contributed by atoms with E-state index < -0.39 is 28.8 Å². The van der Waals surface area contributed by atoms with Crippen LogP contribution in [0.15, 0.2) is 24.3 Å². The number of hydrogen-bond acceptors (Lipinski definition) is 5. The van der Waals surface area contributed by atoms with E-state index in [1.807, 2.05) is 24.3 Å². The largest absolute Gasteiger partial charge is 0.497 e. The molecule has 0 aromatic heterocycles. The van der Waals surface area contributed by atoms with Gasteiger partial charge >= 0.3 is 0 Å². The fourth-order valence-electron chi connectivity index (χ4n) is 5.16. The van der Waals surface area contributed by atoms with Gasteiger partial charge < -0.3 is 4.74 Å². The zero-order valence-corrected chi connectivity index (χ0v) is 23.4.